The summed E-state index contributed by atoms with van der Waals surface area (Å²) in [5.41, 5.74) is 6.41. The molecular formula is C25H17N. The molecule has 0 saturated carbocycles. The number of nitrogens with zero attached hydrogens (tertiary/aromatic N) is 1. The SMILES string of the molecule is c1ccc2c3c(ccc2c1)CCc1cc2ccc4ccccc4c2nc1-3. The normalized spacial score (nSPS) is 13.1. The molecule has 1 heterocycles. The molecule has 0 N–H and O–H groups in total. The summed E-state index contributed by atoms with van der Waals surface area (Å²) in [4.78, 5) is 5.24. The zero-order valence-electron chi connectivity index (χ0n) is 14.4. The van der Waals surface area contributed by atoms with Gasteiger partial charge >= 0.3 is 0 Å². The fourth-order valence-electron chi connectivity index (χ4n) is 4.43. The molecule has 0 radical (unpaired) electrons. The molecule has 0 saturated heterocycles. The van der Waals surface area contributed by atoms with E-state index in [1.807, 2.05) is 0 Å². The van der Waals surface area contributed by atoms with Crippen molar-refractivity contribution in [3.8, 4) is 11.3 Å². The van der Waals surface area contributed by atoms with Crippen LogP contribution in [-0.4, -0.2) is 4.98 Å². The van der Waals surface area contributed by atoms with Crippen molar-refractivity contribution in [3.05, 3.63) is 90.0 Å². The van der Waals surface area contributed by atoms with E-state index in [1.165, 1.54) is 49.3 Å². The van der Waals surface area contributed by atoms with E-state index in [0.29, 0.717) is 0 Å². The predicted molar refractivity (Wildman–Crippen MR) is 110 cm³/mol. The minimum absolute atomic E-state index is 1.07. The van der Waals surface area contributed by atoms with Crippen LogP contribution >= 0.6 is 0 Å². The highest BCUT2D eigenvalue weighted by Crippen LogP contribution is 2.39. The lowest BCUT2D eigenvalue weighted by molar-refractivity contribution is 0.936. The van der Waals surface area contributed by atoms with E-state index in [9.17, 15) is 0 Å². The number of aromatic nitrogens is 1. The summed E-state index contributed by atoms with van der Waals surface area (Å²) in [5.74, 6) is 0. The molecule has 0 aliphatic heterocycles. The zero-order chi connectivity index (χ0) is 17.1. The fraction of sp³-hybridized carbons (Fsp3) is 0.0800. The summed E-state index contributed by atoms with van der Waals surface area (Å²) in [6.07, 6.45) is 2.16. The van der Waals surface area contributed by atoms with Gasteiger partial charge in [-0.15, -0.1) is 0 Å². The van der Waals surface area contributed by atoms with Gasteiger partial charge in [-0.05, 0) is 46.2 Å². The molecular weight excluding hydrogens is 314 g/mol. The molecule has 4 aromatic carbocycles. The van der Waals surface area contributed by atoms with Gasteiger partial charge < -0.3 is 0 Å². The number of rotatable bonds is 0. The summed E-state index contributed by atoms with van der Waals surface area (Å²) in [7, 11) is 0. The van der Waals surface area contributed by atoms with E-state index in [-0.39, 0.29) is 0 Å². The van der Waals surface area contributed by atoms with E-state index in [0.717, 1.165) is 18.4 Å². The zero-order valence-corrected chi connectivity index (χ0v) is 14.4. The number of pyridine rings is 1. The van der Waals surface area contributed by atoms with Crippen molar-refractivity contribution in [2.45, 2.75) is 12.8 Å². The van der Waals surface area contributed by atoms with Crippen molar-refractivity contribution in [2.24, 2.45) is 0 Å². The molecule has 122 valence electrons. The third kappa shape index (κ3) is 1.89. The minimum Gasteiger partial charge on any atom is -0.247 e. The summed E-state index contributed by atoms with van der Waals surface area (Å²) in [6.45, 7) is 0. The first-order chi connectivity index (χ1) is 12.9. The second kappa shape index (κ2) is 5.15. The number of benzene rings is 4. The van der Waals surface area contributed by atoms with Crippen LogP contribution in [0.3, 0.4) is 0 Å². The maximum atomic E-state index is 5.24. The minimum atomic E-state index is 1.07. The molecule has 0 bridgehead atoms. The number of hydrogen-bond donors (Lipinski definition) is 0. The Morgan fingerprint density at radius 3 is 2.12 bits per heavy atom. The number of fused-ring (bicyclic) bond motifs is 8. The van der Waals surface area contributed by atoms with Gasteiger partial charge in [0.1, 0.15) is 0 Å². The highest BCUT2D eigenvalue weighted by atomic mass is 14.7. The topological polar surface area (TPSA) is 12.9 Å². The van der Waals surface area contributed by atoms with Crippen molar-refractivity contribution < 1.29 is 0 Å². The maximum absolute atomic E-state index is 5.24. The first-order valence-corrected chi connectivity index (χ1v) is 9.21. The van der Waals surface area contributed by atoms with Crippen LogP contribution in [0.25, 0.3) is 43.7 Å². The molecule has 0 unspecified atom stereocenters. The van der Waals surface area contributed by atoms with E-state index in [2.05, 4.69) is 78.9 Å². The van der Waals surface area contributed by atoms with Crippen molar-refractivity contribution in [1.82, 2.24) is 4.98 Å². The molecule has 5 aromatic rings. The quantitative estimate of drug-likeness (QED) is 0.303. The van der Waals surface area contributed by atoms with Crippen LogP contribution in [0.2, 0.25) is 0 Å². The lowest BCUT2D eigenvalue weighted by Gasteiger charge is -2.22. The predicted octanol–water partition coefficient (Wildman–Crippen LogP) is 6.31. The Morgan fingerprint density at radius 1 is 0.577 bits per heavy atom. The average molecular weight is 331 g/mol. The smallest absolute Gasteiger partial charge is 0.0788 e. The molecule has 26 heavy (non-hydrogen) atoms. The lowest BCUT2D eigenvalue weighted by Crippen LogP contribution is -2.06. The van der Waals surface area contributed by atoms with Gasteiger partial charge in [-0.2, -0.15) is 0 Å². The highest BCUT2D eigenvalue weighted by Gasteiger charge is 2.21. The van der Waals surface area contributed by atoms with Gasteiger partial charge in [0, 0.05) is 16.3 Å². The van der Waals surface area contributed by atoms with Gasteiger partial charge in [-0.3, -0.25) is 0 Å². The molecule has 0 fully saturated rings. The number of aryl methyl sites for hydroxylation is 2. The molecule has 6 rings (SSSR count). The van der Waals surface area contributed by atoms with Crippen molar-refractivity contribution in [3.63, 3.8) is 0 Å². The van der Waals surface area contributed by atoms with Crippen molar-refractivity contribution >= 4 is 32.4 Å². The van der Waals surface area contributed by atoms with Crippen LogP contribution in [0.4, 0.5) is 0 Å². The van der Waals surface area contributed by atoms with E-state index >= 15 is 0 Å². The maximum Gasteiger partial charge on any atom is 0.0788 e. The first kappa shape index (κ1) is 14.0. The van der Waals surface area contributed by atoms with Gasteiger partial charge in [0.15, 0.2) is 0 Å². The van der Waals surface area contributed by atoms with Crippen molar-refractivity contribution in [2.75, 3.05) is 0 Å². The van der Waals surface area contributed by atoms with Crippen LogP contribution in [0.5, 0.6) is 0 Å². The third-order valence-electron chi connectivity index (χ3n) is 5.71. The third-order valence-corrected chi connectivity index (χ3v) is 5.71. The Kier molecular flexibility index (Phi) is 2.78. The summed E-state index contributed by atoms with van der Waals surface area (Å²) < 4.78 is 0. The molecule has 1 aliphatic carbocycles. The van der Waals surface area contributed by atoms with Gasteiger partial charge in [-0.1, -0.05) is 72.8 Å². The summed E-state index contributed by atoms with van der Waals surface area (Å²) in [6, 6.07) is 28.5. The molecule has 1 nitrogen and oxygen atoms in total. The number of hydrogen-bond acceptors (Lipinski definition) is 1. The molecule has 0 spiro atoms. The van der Waals surface area contributed by atoms with Crippen LogP contribution in [0, 0.1) is 0 Å². The van der Waals surface area contributed by atoms with Crippen LogP contribution < -0.4 is 0 Å². The Morgan fingerprint density at radius 2 is 1.23 bits per heavy atom. The fourth-order valence-corrected chi connectivity index (χ4v) is 4.43. The van der Waals surface area contributed by atoms with Crippen LogP contribution in [-0.2, 0) is 12.8 Å². The molecule has 1 heteroatoms. The van der Waals surface area contributed by atoms with Crippen molar-refractivity contribution in [1.29, 1.82) is 0 Å². The van der Waals surface area contributed by atoms with Gasteiger partial charge in [0.2, 0.25) is 0 Å². The van der Waals surface area contributed by atoms with Gasteiger partial charge in [-0.25, -0.2) is 4.98 Å². The Bertz CT molecular complexity index is 1330. The van der Waals surface area contributed by atoms with Gasteiger partial charge in [0.05, 0.1) is 11.2 Å². The molecule has 0 atom stereocenters. The summed E-state index contributed by atoms with van der Waals surface area (Å²) in [5, 5.41) is 6.34. The second-order valence-corrected chi connectivity index (χ2v) is 7.18. The van der Waals surface area contributed by atoms with Crippen LogP contribution in [0.15, 0.2) is 78.9 Å². The van der Waals surface area contributed by atoms with Gasteiger partial charge in [0.25, 0.3) is 0 Å². The lowest BCUT2D eigenvalue weighted by atomic mass is 9.85. The standard InChI is InChI=1S/C25H17N/c1-3-7-21-16(5-1)9-11-18-12-14-20-15-19-13-10-17-6-2-4-8-22(17)24(19)26-25(20)23(18)21/h1-11,13,15H,12,14H2. The molecule has 1 aromatic heterocycles. The van der Waals surface area contributed by atoms with Crippen LogP contribution in [0.1, 0.15) is 11.1 Å². The Hall–Kier alpha value is -3.19. The monoisotopic (exact) mass is 331 g/mol. The average Bonchev–Trinajstić information content (AvgIpc) is 2.71. The molecule has 1 aliphatic rings. The van der Waals surface area contributed by atoms with E-state index in [4.69, 9.17) is 4.98 Å². The summed E-state index contributed by atoms with van der Waals surface area (Å²) >= 11 is 0. The van der Waals surface area contributed by atoms with E-state index < -0.39 is 0 Å². The largest absolute Gasteiger partial charge is 0.247 e. The van der Waals surface area contributed by atoms with E-state index in [1.54, 1.807) is 0 Å². The Balaban J connectivity index is 1.77. The second-order valence-electron chi connectivity index (χ2n) is 7.18. The highest BCUT2D eigenvalue weighted by molar-refractivity contribution is 6.07. The Labute approximate surface area is 151 Å². The molecule has 0 amide bonds. The first-order valence-electron chi connectivity index (χ1n) is 9.21.